The number of H-pyrrole nitrogens is 1. The molecule has 3 saturated heterocycles. The van der Waals surface area contributed by atoms with Crippen molar-refractivity contribution in [2.75, 3.05) is 26.7 Å². The number of aromatic amines is 1. The Hall–Kier alpha value is -3.73. The molecule has 4 aliphatic rings. The van der Waals surface area contributed by atoms with Crippen LogP contribution in [0.3, 0.4) is 0 Å². The maximum Gasteiger partial charge on any atom is 0.280 e. The van der Waals surface area contributed by atoms with Gasteiger partial charge >= 0.3 is 0 Å². The number of ether oxygens (including phenoxy) is 1. The summed E-state index contributed by atoms with van der Waals surface area (Å²) < 4.78 is 6.49. The Kier molecular flexibility index (Phi) is 7.49. The lowest BCUT2D eigenvalue weighted by Crippen LogP contribution is -2.62. The summed E-state index contributed by atoms with van der Waals surface area (Å²) in [5.74, 6) is -3.54. The lowest BCUT2D eigenvalue weighted by Gasteiger charge is -2.45. The molecule has 0 unspecified atom stereocenters. The Balaban J connectivity index is 1.18. The maximum atomic E-state index is 14.5. The largest absolute Gasteiger partial charge is 0.361 e. The van der Waals surface area contributed by atoms with Crippen molar-refractivity contribution in [3.63, 3.8) is 0 Å². The van der Waals surface area contributed by atoms with Crippen molar-refractivity contribution in [2.24, 2.45) is 11.8 Å². The van der Waals surface area contributed by atoms with Gasteiger partial charge in [-0.1, -0.05) is 56.3 Å². The number of aliphatic hydroxyl groups is 1. The van der Waals surface area contributed by atoms with E-state index in [2.05, 4.69) is 46.6 Å². The summed E-state index contributed by atoms with van der Waals surface area (Å²) in [6.07, 6.45) is 6.03. The van der Waals surface area contributed by atoms with Gasteiger partial charge in [-0.05, 0) is 61.9 Å². The zero-order valence-corrected chi connectivity index (χ0v) is 26.2. The van der Waals surface area contributed by atoms with Crippen LogP contribution in [0.2, 0.25) is 0 Å². The second-order valence-electron chi connectivity index (χ2n) is 13.7. The molecule has 0 saturated carbocycles. The number of likely N-dealkylation sites (tertiary alicyclic amines) is 2. The van der Waals surface area contributed by atoms with Crippen molar-refractivity contribution in [2.45, 2.75) is 75.6 Å². The molecule has 3 amide bonds. The minimum absolute atomic E-state index is 0.167. The number of rotatable bonds is 8. The number of nitrogens with one attached hydrogen (secondary N) is 2. The number of carbonyl (C=O) groups is 3. The number of hydrogen-bond donors (Lipinski definition) is 3. The Morgan fingerprint density at radius 1 is 1.20 bits per heavy atom. The number of carbonyl (C=O) groups excluding carboxylic acids is 3. The summed E-state index contributed by atoms with van der Waals surface area (Å²) in [6, 6.07) is 15.6. The molecular formula is C35H43N5O5. The molecule has 0 bridgehead atoms. The van der Waals surface area contributed by atoms with Crippen LogP contribution in [0.5, 0.6) is 0 Å². The first-order chi connectivity index (χ1) is 21.7. The first-order valence-corrected chi connectivity index (χ1v) is 16.3. The van der Waals surface area contributed by atoms with Crippen LogP contribution in [-0.2, 0) is 32.0 Å². The molecule has 1 aliphatic carbocycles. The molecule has 4 heterocycles. The third-order valence-corrected chi connectivity index (χ3v) is 10.8. The highest BCUT2D eigenvalue weighted by molar-refractivity contribution is 5.93. The summed E-state index contributed by atoms with van der Waals surface area (Å²) >= 11 is 0. The van der Waals surface area contributed by atoms with Gasteiger partial charge in [-0.15, -0.1) is 0 Å². The number of likely N-dealkylation sites (N-methyl/N-ethyl adjacent to an activating group) is 1. The van der Waals surface area contributed by atoms with E-state index in [4.69, 9.17) is 4.74 Å². The highest BCUT2D eigenvalue weighted by Crippen LogP contribution is 2.46. The monoisotopic (exact) mass is 613 g/mol. The molecule has 3 aromatic rings. The number of amides is 3. The van der Waals surface area contributed by atoms with Crippen molar-refractivity contribution in [3.8, 4) is 0 Å². The molecule has 45 heavy (non-hydrogen) atoms. The number of benzene rings is 2. The van der Waals surface area contributed by atoms with Gasteiger partial charge in [0.1, 0.15) is 6.04 Å². The number of fused-ring (bicyclic) bond motifs is 2. The quantitative estimate of drug-likeness (QED) is 0.337. The van der Waals surface area contributed by atoms with Gasteiger partial charge in [0.05, 0.1) is 5.92 Å². The summed E-state index contributed by atoms with van der Waals surface area (Å²) in [5.41, 5.74) is 2.91. The van der Waals surface area contributed by atoms with E-state index in [-0.39, 0.29) is 30.3 Å². The van der Waals surface area contributed by atoms with Crippen LogP contribution in [0, 0.1) is 11.8 Å². The Bertz CT molecular complexity index is 1610. The molecule has 3 N–H and O–H groups in total. The van der Waals surface area contributed by atoms with Gasteiger partial charge in [-0.2, -0.15) is 0 Å². The average Bonchev–Trinajstić information content (AvgIpc) is 3.74. The van der Waals surface area contributed by atoms with Gasteiger partial charge in [0.25, 0.3) is 11.8 Å². The number of aromatic nitrogens is 1. The fourth-order valence-corrected chi connectivity index (χ4v) is 8.40. The number of nitrogens with zero attached hydrogens (tertiary/aromatic N) is 3. The van der Waals surface area contributed by atoms with Crippen molar-refractivity contribution in [1.29, 1.82) is 0 Å². The van der Waals surface area contributed by atoms with Crippen LogP contribution in [0.15, 0.2) is 54.7 Å². The number of piperidine rings is 1. The van der Waals surface area contributed by atoms with E-state index >= 15 is 0 Å². The minimum atomic E-state index is -2.08. The lowest BCUT2D eigenvalue weighted by atomic mass is 9.72. The van der Waals surface area contributed by atoms with E-state index in [1.807, 2.05) is 44.2 Å². The average molecular weight is 614 g/mol. The molecule has 3 fully saturated rings. The van der Waals surface area contributed by atoms with E-state index in [1.54, 1.807) is 0 Å². The fourth-order valence-electron chi connectivity index (χ4n) is 8.40. The first-order valence-electron chi connectivity index (χ1n) is 16.3. The Morgan fingerprint density at radius 2 is 2.00 bits per heavy atom. The van der Waals surface area contributed by atoms with E-state index in [0.717, 1.165) is 17.5 Å². The highest BCUT2D eigenvalue weighted by Gasteiger charge is 2.66. The SMILES string of the molecule is CC(C)[C@@]1(NC(=O)[C@@H]2C[C@@H]3c4cccc5[nH]cc(c45)C[C@H]3N(C)C2)O[C@@](O)([C@@H]2CCCN2C=O)N(CCc2ccccc2)C1=O. The smallest absolute Gasteiger partial charge is 0.280 e. The second kappa shape index (κ2) is 11.3. The molecule has 6 atom stereocenters. The third kappa shape index (κ3) is 4.76. The molecule has 0 radical (unpaired) electrons. The summed E-state index contributed by atoms with van der Waals surface area (Å²) in [4.78, 5) is 49.3. The van der Waals surface area contributed by atoms with Crippen molar-refractivity contribution < 1.29 is 24.2 Å². The summed E-state index contributed by atoms with van der Waals surface area (Å²) in [6.45, 7) is 4.84. The zero-order chi connectivity index (χ0) is 31.5. The van der Waals surface area contributed by atoms with Crippen LogP contribution < -0.4 is 5.32 Å². The van der Waals surface area contributed by atoms with Gasteiger partial charge < -0.3 is 25.2 Å². The fraction of sp³-hybridized carbons (Fsp3) is 0.514. The standard InChI is InChI=1S/C35H43N5O5/c1-22(2)34(33(43)40(16-14-23-9-5-4-6-10-23)35(44,45-34)30-13-8-15-39(30)21-41)37-32(42)25-17-27-26-11-7-12-28-31(26)24(19-36-28)18-29(27)38(3)20-25/h4-7,9-12,19,21-22,25,27,29-30,36,44H,8,13-18,20H2,1-3H3,(H,37,42)/t25-,27-,29-,30+,34-,35+/m1/s1. The molecule has 1 aromatic heterocycles. The zero-order valence-electron chi connectivity index (χ0n) is 26.2. The van der Waals surface area contributed by atoms with Crippen LogP contribution in [0.25, 0.3) is 10.9 Å². The number of hydrogen-bond acceptors (Lipinski definition) is 6. The topological polar surface area (TPSA) is 118 Å². The van der Waals surface area contributed by atoms with E-state index in [9.17, 15) is 19.5 Å². The first kappa shape index (κ1) is 30.0. The lowest BCUT2D eigenvalue weighted by molar-refractivity contribution is -0.306. The van der Waals surface area contributed by atoms with Gasteiger partial charge in [-0.3, -0.25) is 24.0 Å². The Labute approximate surface area is 263 Å². The molecule has 7 rings (SSSR count). The van der Waals surface area contributed by atoms with Gasteiger partial charge in [0.15, 0.2) is 0 Å². The summed E-state index contributed by atoms with van der Waals surface area (Å²) in [7, 11) is 2.07. The van der Waals surface area contributed by atoms with Gasteiger partial charge in [0.2, 0.25) is 18.0 Å². The molecule has 2 aromatic carbocycles. The minimum Gasteiger partial charge on any atom is -0.361 e. The van der Waals surface area contributed by atoms with Crippen molar-refractivity contribution in [3.05, 3.63) is 71.4 Å². The van der Waals surface area contributed by atoms with Crippen LogP contribution in [-0.4, -0.2) is 93.4 Å². The predicted molar refractivity (Wildman–Crippen MR) is 169 cm³/mol. The van der Waals surface area contributed by atoms with Gasteiger partial charge in [-0.25, -0.2) is 0 Å². The molecule has 10 heteroatoms. The third-order valence-electron chi connectivity index (χ3n) is 10.8. The molecule has 10 nitrogen and oxygen atoms in total. The predicted octanol–water partition coefficient (Wildman–Crippen LogP) is 2.96. The molecular weight excluding hydrogens is 570 g/mol. The van der Waals surface area contributed by atoms with E-state index < -0.39 is 29.5 Å². The van der Waals surface area contributed by atoms with Gasteiger partial charge in [0, 0.05) is 54.6 Å². The normalized spacial score (nSPS) is 31.5. The highest BCUT2D eigenvalue weighted by atomic mass is 16.7. The van der Waals surface area contributed by atoms with Crippen molar-refractivity contribution in [1.82, 2.24) is 25.0 Å². The van der Waals surface area contributed by atoms with E-state index in [1.165, 1.54) is 26.3 Å². The summed E-state index contributed by atoms with van der Waals surface area (Å²) in [5, 5.41) is 16.6. The molecule has 3 aliphatic heterocycles. The van der Waals surface area contributed by atoms with Crippen LogP contribution in [0.4, 0.5) is 0 Å². The molecule has 238 valence electrons. The van der Waals surface area contributed by atoms with Crippen molar-refractivity contribution >= 4 is 29.1 Å². The van der Waals surface area contributed by atoms with E-state index in [0.29, 0.717) is 45.2 Å². The van der Waals surface area contributed by atoms with Crippen LogP contribution in [0.1, 0.15) is 55.7 Å². The second-order valence-corrected chi connectivity index (χ2v) is 13.7. The maximum absolute atomic E-state index is 14.5. The Morgan fingerprint density at radius 3 is 2.76 bits per heavy atom. The van der Waals surface area contributed by atoms with Crippen LogP contribution >= 0.6 is 0 Å². The molecule has 0 spiro atoms.